The maximum Gasteiger partial charge on any atom is 0.216 e. The Morgan fingerprint density at radius 2 is 0.723 bits per heavy atom. The fourth-order valence-corrected chi connectivity index (χ4v) is 13.4. The van der Waals surface area contributed by atoms with E-state index in [1.54, 1.807) is 30.7 Å². The first kappa shape index (κ1) is 86.8. The van der Waals surface area contributed by atoms with Crippen molar-refractivity contribution in [2.24, 2.45) is 0 Å². The molecule has 18 nitrogen and oxygen atoms in total. The van der Waals surface area contributed by atoms with Gasteiger partial charge in [0.05, 0.1) is 52.6 Å². The van der Waals surface area contributed by atoms with Gasteiger partial charge in [0.25, 0.3) is 0 Å². The van der Waals surface area contributed by atoms with Crippen LogP contribution in [-0.4, -0.2) is 62.6 Å². The first-order chi connectivity index (χ1) is 56.0. The summed E-state index contributed by atoms with van der Waals surface area (Å²) in [6.45, 7) is 16.5. The molecule has 0 aliphatic heterocycles. The average molecular weight is 2110 g/mol. The Labute approximate surface area is 723 Å². The van der Waals surface area contributed by atoms with Gasteiger partial charge in [-0.2, -0.15) is 0 Å². The minimum absolute atomic E-state index is 0. The van der Waals surface area contributed by atoms with Crippen LogP contribution >= 0.6 is 0 Å². The molecule has 119 heavy (non-hydrogen) atoms. The zero-order valence-corrected chi connectivity index (χ0v) is 72.9. The van der Waals surface area contributed by atoms with Crippen LogP contribution in [0.1, 0.15) is 64.2 Å². The molecule has 0 saturated heterocycles. The third-order valence-electron chi connectivity index (χ3n) is 18.4. The zero-order chi connectivity index (χ0) is 81.4. The second kappa shape index (κ2) is 38.4. The first-order valence-corrected chi connectivity index (χ1v) is 36.9. The average Bonchev–Trinajstić information content (AvgIpc) is 1.61. The Hall–Kier alpha value is -13.0. The molecule has 12 aromatic heterocycles. The molecule has 19 rings (SSSR count). The van der Waals surface area contributed by atoms with Crippen molar-refractivity contribution in [2.45, 2.75) is 69.2 Å². The molecule has 22 heteroatoms. The Bertz CT molecular complexity index is 6950. The number of furan rings is 6. The molecule has 601 valence electrons. The number of rotatable bonds is 10. The van der Waals surface area contributed by atoms with Crippen LogP contribution in [0.4, 0.5) is 4.39 Å². The quantitative estimate of drug-likeness (QED) is 0.0652. The van der Waals surface area contributed by atoms with E-state index in [0.717, 1.165) is 167 Å². The van der Waals surface area contributed by atoms with Crippen LogP contribution in [0.5, 0.6) is 0 Å². The van der Waals surface area contributed by atoms with Gasteiger partial charge in [-0.3, -0.25) is 14.4 Å². The molecule has 0 aliphatic rings. The molecule has 0 atom stereocenters. The Kier molecular flexibility index (Phi) is 28.0. The third kappa shape index (κ3) is 19.8. The van der Waals surface area contributed by atoms with Gasteiger partial charge in [-0.15, -0.1) is 54.6 Å². The van der Waals surface area contributed by atoms with E-state index in [0.29, 0.717) is 34.1 Å². The fourth-order valence-electron chi connectivity index (χ4n) is 13.4. The van der Waals surface area contributed by atoms with Crippen molar-refractivity contribution in [3.8, 4) is 78.9 Å². The van der Waals surface area contributed by atoms with Crippen molar-refractivity contribution >= 4 is 116 Å². The smallest absolute Gasteiger partial charge is 0.216 e. The van der Waals surface area contributed by atoms with E-state index in [2.05, 4.69) is 111 Å². The monoisotopic (exact) mass is 2110 g/mol. The Balaban J connectivity index is 0.000000154. The van der Waals surface area contributed by atoms with Gasteiger partial charge in [-0.05, 0) is 159 Å². The predicted octanol–water partition coefficient (Wildman–Crippen LogP) is 24.9. The van der Waals surface area contributed by atoms with Gasteiger partial charge >= 0.3 is 0 Å². The summed E-state index contributed by atoms with van der Waals surface area (Å²) in [6.07, 6.45) is 8.76. The molecule has 0 unspecified atom stereocenters. The standard InChI is InChI=1S/C31H19N2O2.C26H17N2O2.C25H14FN2O2.3C5H8O2.3Ir/c1-19-15-16-23-22-13-8-14-24(30(22)35-31(23)33-19)26-17-25-27(18-32-26)34-29(21-11-6-3-7-12-21)28(25)20-9-4-2-5-10-20;1-15-11-12-19-18-9-6-10-20(25(18)30-26(19)28-15)22-13-21-16(2)24(29-23(21)14-27-22)17-7-4-3-5-8-17;1-14-5-10-19-18-3-2-4-20(24(18)30-25(19)28-14)21-11-16-12-22(29-23(16)13-27-21)15-6-8-17(26)9-7-15;3*1-4(6)3-5(2)7;;;/h2-13,15-18H,1H3;3-9,11-14H,1-2H3;2-3,5-13H,1H3;3*3,6H,1-2H3;;;/q3*-1;;;;;;. The number of carbonyl (C=O) groups is 3. The summed E-state index contributed by atoms with van der Waals surface area (Å²) in [4.78, 5) is 57.6. The molecule has 12 heterocycles. The van der Waals surface area contributed by atoms with E-state index in [1.165, 1.54) is 71.9 Å². The number of pyridine rings is 6. The molecule has 0 fully saturated rings. The van der Waals surface area contributed by atoms with Crippen LogP contribution in [-0.2, 0) is 74.7 Å². The summed E-state index contributed by atoms with van der Waals surface area (Å²) in [7, 11) is 0. The topological polar surface area (TPSA) is 268 Å². The van der Waals surface area contributed by atoms with Gasteiger partial charge in [-0.1, -0.05) is 142 Å². The van der Waals surface area contributed by atoms with Crippen molar-refractivity contribution in [3.05, 3.63) is 313 Å². The summed E-state index contributed by atoms with van der Waals surface area (Å²) in [5.74, 6) is 1.89. The molecule has 0 aliphatic carbocycles. The molecule has 0 saturated carbocycles. The number of aromatic nitrogens is 6. The summed E-state index contributed by atoms with van der Waals surface area (Å²) >= 11 is 0. The first-order valence-electron chi connectivity index (χ1n) is 36.9. The van der Waals surface area contributed by atoms with Gasteiger partial charge in [-0.25, -0.2) is 19.3 Å². The van der Waals surface area contributed by atoms with Crippen molar-refractivity contribution in [1.29, 1.82) is 0 Å². The number of aliphatic hydroxyl groups is 3. The predicted molar refractivity (Wildman–Crippen MR) is 452 cm³/mol. The van der Waals surface area contributed by atoms with Gasteiger partial charge in [0.15, 0.2) is 34.1 Å². The van der Waals surface area contributed by atoms with Crippen LogP contribution in [0.3, 0.4) is 0 Å². The summed E-state index contributed by atoms with van der Waals surface area (Å²) < 4.78 is 50.0. The van der Waals surface area contributed by atoms with Crippen LogP contribution in [0, 0.1) is 51.7 Å². The number of ketones is 3. The van der Waals surface area contributed by atoms with Crippen molar-refractivity contribution in [3.63, 3.8) is 0 Å². The largest absolute Gasteiger partial charge is 0.512 e. The number of aryl methyl sites for hydroxylation is 4. The van der Waals surface area contributed by atoms with E-state index in [1.807, 2.05) is 148 Å². The number of allylic oxidation sites excluding steroid dienone is 6. The Morgan fingerprint density at radius 3 is 1.12 bits per heavy atom. The van der Waals surface area contributed by atoms with E-state index in [-0.39, 0.29) is 101 Å². The number of hydrogen-bond acceptors (Lipinski definition) is 18. The van der Waals surface area contributed by atoms with E-state index < -0.39 is 0 Å². The number of hydrogen-bond donors (Lipinski definition) is 3. The minimum Gasteiger partial charge on any atom is -0.512 e. The van der Waals surface area contributed by atoms with Crippen LogP contribution < -0.4 is 0 Å². The maximum absolute atomic E-state index is 13.2. The number of benzene rings is 7. The second-order valence-electron chi connectivity index (χ2n) is 27.5. The van der Waals surface area contributed by atoms with E-state index in [9.17, 15) is 18.8 Å². The van der Waals surface area contributed by atoms with E-state index >= 15 is 0 Å². The van der Waals surface area contributed by atoms with Crippen molar-refractivity contribution < 1.29 is 121 Å². The van der Waals surface area contributed by atoms with Crippen LogP contribution in [0.25, 0.3) is 178 Å². The summed E-state index contributed by atoms with van der Waals surface area (Å²) in [5.41, 5.74) is 19.8. The van der Waals surface area contributed by atoms with Gasteiger partial charge < -0.3 is 56.8 Å². The molecule has 3 radical (unpaired) electrons. The fraction of sp³-hybridized carbons (Fsp3) is 0.103. The zero-order valence-electron chi connectivity index (χ0n) is 65.7. The molecule has 3 N–H and O–H groups in total. The normalized spacial score (nSPS) is 11.3. The van der Waals surface area contributed by atoms with Crippen molar-refractivity contribution in [1.82, 2.24) is 29.9 Å². The van der Waals surface area contributed by atoms with Crippen LogP contribution in [0.15, 0.2) is 293 Å². The maximum atomic E-state index is 13.2. The molecular weight excluding hydrogens is 2040 g/mol. The number of fused-ring (bicyclic) bond motifs is 12. The molecule has 0 spiro atoms. The molecule has 19 aromatic rings. The van der Waals surface area contributed by atoms with E-state index in [4.69, 9.17) is 46.8 Å². The molecule has 0 amide bonds. The minimum atomic E-state index is -0.280. The molecule has 0 bridgehead atoms. The molecule has 7 aromatic carbocycles. The van der Waals surface area contributed by atoms with Gasteiger partial charge in [0.2, 0.25) is 17.1 Å². The molecular formula is C97H74FIr3N6O12-3. The number of halogens is 1. The number of aliphatic hydroxyl groups excluding tert-OH is 3. The van der Waals surface area contributed by atoms with Crippen LogP contribution in [0.2, 0.25) is 0 Å². The van der Waals surface area contributed by atoms with Gasteiger partial charge in [0, 0.05) is 156 Å². The third-order valence-corrected chi connectivity index (χ3v) is 18.4. The Morgan fingerprint density at radius 1 is 0.361 bits per heavy atom. The second-order valence-corrected chi connectivity index (χ2v) is 27.5. The summed E-state index contributed by atoms with van der Waals surface area (Å²) in [5, 5.41) is 34.0. The van der Waals surface area contributed by atoms with Gasteiger partial charge in [0.1, 0.15) is 23.1 Å². The number of nitrogens with zero attached hydrogens (tertiary/aromatic N) is 6. The number of carbonyl (C=O) groups excluding carboxylic acids is 3. The van der Waals surface area contributed by atoms with Crippen molar-refractivity contribution in [2.75, 3.05) is 0 Å². The SMILES string of the molecule is CC(=O)C=C(C)O.CC(=O)C=C(C)O.CC(=O)C=C(C)O.Cc1ccc2c(n1)oc1c(-c3cc4c(-c5ccccc5)c(-c5ccccc5)oc4cn3)[c-]ccc12.Cc1ccc2c(n1)oc1c(-c3cc4c(C)c(-c5ccccc5)oc4cn3)[c-]ccc12.Cc1ccc2c(n1)oc1c(-c3cc4cc(-c5ccc(F)cc5)oc4cn3)[c-]ccc12.[Ir].[Ir].[Ir]. The summed E-state index contributed by atoms with van der Waals surface area (Å²) in [6, 6.07) is 78.6.